The Morgan fingerprint density at radius 3 is 2.32 bits per heavy atom. The van der Waals surface area contributed by atoms with Crippen molar-refractivity contribution < 1.29 is 24.1 Å². The molecule has 0 aliphatic carbocycles. The maximum Gasteiger partial charge on any atom is 0.337 e. The molecule has 1 aromatic heterocycles. The Balaban J connectivity index is 2.07. The van der Waals surface area contributed by atoms with E-state index in [0.717, 1.165) is 0 Å². The average Bonchev–Trinajstić information content (AvgIpc) is 2.48. The minimum absolute atomic E-state index is 0.0185. The van der Waals surface area contributed by atoms with E-state index in [1.165, 1.54) is 24.3 Å². The fraction of sp³-hybridized carbons (Fsp3) is 0.0667. The normalized spacial score (nSPS) is 10.0. The van der Waals surface area contributed by atoms with Crippen molar-refractivity contribution >= 4 is 23.5 Å². The van der Waals surface area contributed by atoms with E-state index in [1.54, 1.807) is 29.1 Å². The van der Waals surface area contributed by atoms with E-state index in [1.807, 2.05) is 0 Å². The minimum atomic E-state index is -1.12. The van der Waals surface area contributed by atoms with Gasteiger partial charge in [-0.1, -0.05) is 12.1 Å². The summed E-state index contributed by atoms with van der Waals surface area (Å²) in [5, 5.41) is 11.6. The topological polar surface area (TPSA) is 113 Å². The maximum absolute atomic E-state index is 12.0. The molecule has 0 bridgehead atoms. The van der Waals surface area contributed by atoms with E-state index in [2.05, 4.69) is 5.32 Å². The molecule has 0 saturated heterocycles. The van der Waals surface area contributed by atoms with Crippen molar-refractivity contribution in [1.29, 1.82) is 0 Å². The van der Waals surface area contributed by atoms with Gasteiger partial charge in [0.15, 0.2) is 12.4 Å². The number of carboxylic acids is 1. The lowest BCUT2D eigenvalue weighted by Crippen LogP contribution is -2.40. The van der Waals surface area contributed by atoms with Crippen LogP contribution in [0.2, 0.25) is 0 Å². The lowest BCUT2D eigenvalue weighted by molar-refractivity contribution is -0.684. The number of carboxylic acid groups (broad SMARTS) is 1. The first-order valence-electron chi connectivity index (χ1n) is 6.38. The molecule has 0 fully saturated rings. The molecule has 4 N–H and O–H groups in total. The molecule has 2 aromatic rings. The number of nitrogens with zero attached hydrogens (tertiary/aromatic N) is 1. The molecular formula is C15H14N3O4+. The quantitative estimate of drug-likeness (QED) is 0.694. The van der Waals surface area contributed by atoms with Crippen molar-refractivity contribution in [1.82, 2.24) is 0 Å². The fourth-order valence-electron chi connectivity index (χ4n) is 1.86. The monoisotopic (exact) mass is 300 g/mol. The summed E-state index contributed by atoms with van der Waals surface area (Å²) in [6.45, 7) is -0.0208. The Kier molecular flexibility index (Phi) is 4.47. The summed E-state index contributed by atoms with van der Waals surface area (Å²) in [4.78, 5) is 34.0. The Labute approximate surface area is 126 Å². The summed E-state index contributed by atoms with van der Waals surface area (Å²) < 4.78 is 1.55. The maximum atomic E-state index is 12.0. The van der Waals surface area contributed by atoms with Crippen molar-refractivity contribution in [2.24, 2.45) is 5.73 Å². The smallest absolute Gasteiger partial charge is 0.337 e. The zero-order valence-corrected chi connectivity index (χ0v) is 11.5. The molecule has 2 rings (SSSR count). The summed E-state index contributed by atoms with van der Waals surface area (Å²) in [6.07, 6.45) is 3.09. The second-order valence-electron chi connectivity index (χ2n) is 4.52. The number of primary amides is 1. The molecule has 7 nitrogen and oxygen atoms in total. The van der Waals surface area contributed by atoms with Crippen LogP contribution in [0.4, 0.5) is 5.69 Å². The molecule has 1 heterocycles. The van der Waals surface area contributed by atoms with Gasteiger partial charge >= 0.3 is 5.97 Å². The molecule has 22 heavy (non-hydrogen) atoms. The number of amides is 2. The molecule has 112 valence electrons. The van der Waals surface area contributed by atoms with E-state index < -0.39 is 11.9 Å². The Morgan fingerprint density at radius 2 is 1.73 bits per heavy atom. The van der Waals surface area contributed by atoms with Crippen molar-refractivity contribution in [2.45, 2.75) is 6.54 Å². The Bertz CT molecular complexity index is 726. The number of aromatic carboxylic acids is 1. The zero-order valence-electron chi connectivity index (χ0n) is 11.5. The number of benzene rings is 1. The largest absolute Gasteiger partial charge is 0.478 e. The van der Waals surface area contributed by atoms with Crippen LogP contribution in [0, 0.1) is 0 Å². The molecule has 0 radical (unpaired) electrons. The van der Waals surface area contributed by atoms with E-state index >= 15 is 0 Å². The highest BCUT2D eigenvalue weighted by molar-refractivity contribution is 6.00. The number of rotatable bonds is 5. The molecule has 2 amide bonds. The molecule has 0 atom stereocenters. The summed E-state index contributed by atoms with van der Waals surface area (Å²) in [5.74, 6) is -2.05. The highest BCUT2D eigenvalue weighted by Gasteiger charge is 2.14. The number of nitrogens with two attached hydrogens (primary N) is 1. The van der Waals surface area contributed by atoms with Crippen LogP contribution in [0.15, 0.2) is 48.8 Å². The van der Waals surface area contributed by atoms with Crippen LogP contribution in [0.25, 0.3) is 0 Å². The van der Waals surface area contributed by atoms with Crippen LogP contribution in [0.5, 0.6) is 0 Å². The summed E-state index contributed by atoms with van der Waals surface area (Å²) >= 11 is 0. The first-order valence-corrected chi connectivity index (χ1v) is 6.38. The predicted molar refractivity (Wildman–Crippen MR) is 77.2 cm³/mol. The van der Waals surface area contributed by atoms with Crippen LogP contribution in [-0.2, 0) is 11.3 Å². The predicted octanol–water partition coefficient (Wildman–Crippen LogP) is 0.410. The van der Waals surface area contributed by atoms with Crippen molar-refractivity contribution in [3.8, 4) is 0 Å². The minimum Gasteiger partial charge on any atom is -0.478 e. The average molecular weight is 300 g/mol. The Morgan fingerprint density at radius 1 is 1.09 bits per heavy atom. The first kappa shape index (κ1) is 15.2. The van der Waals surface area contributed by atoms with Gasteiger partial charge in [-0.25, -0.2) is 4.79 Å². The van der Waals surface area contributed by atoms with Crippen molar-refractivity contribution in [2.75, 3.05) is 5.32 Å². The SMILES string of the molecule is NC(=O)c1cc[n+](CC(=O)Nc2ccccc2C(=O)O)cc1. The molecule has 7 heteroatoms. The third-order valence-corrected chi connectivity index (χ3v) is 2.93. The van der Waals surface area contributed by atoms with E-state index in [9.17, 15) is 14.4 Å². The lowest BCUT2D eigenvalue weighted by Gasteiger charge is -2.06. The number of hydrogen-bond acceptors (Lipinski definition) is 3. The van der Waals surface area contributed by atoms with Crippen LogP contribution >= 0.6 is 0 Å². The highest BCUT2D eigenvalue weighted by Crippen LogP contribution is 2.14. The van der Waals surface area contributed by atoms with Crippen LogP contribution in [-0.4, -0.2) is 22.9 Å². The summed E-state index contributed by atoms with van der Waals surface area (Å²) in [7, 11) is 0. The van der Waals surface area contributed by atoms with E-state index in [-0.39, 0.29) is 23.7 Å². The molecule has 0 aliphatic heterocycles. The lowest BCUT2D eigenvalue weighted by atomic mass is 10.2. The number of nitrogens with one attached hydrogen (secondary N) is 1. The number of aromatic nitrogens is 1. The second-order valence-corrected chi connectivity index (χ2v) is 4.52. The number of para-hydroxylation sites is 1. The standard InChI is InChI=1S/C15H13N3O4/c16-14(20)10-5-7-18(8-6-10)9-13(19)17-12-4-2-1-3-11(12)15(21)22/h1-8H,9H2,(H3-,16,17,19,20,21,22)/p+1. The molecule has 0 saturated carbocycles. The number of carbonyl (C=O) groups excluding carboxylic acids is 2. The molecule has 0 unspecified atom stereocenters. The van der Waals surface area contributed by atoms with Gasteiger partial charge in [0.05, 0.1) is 16.8 Å². The number of carbonyl (C=O) groups is 3. The number of pyridine rings is 1. The third kappa shape index (κ3) is 3.66. The van der Waals surface area contributed by atoms with Crippen LogP contribution in [0.1, 0.15) is 20.7 Å². The van der Waals surface area contributed by atoms with Crippen molar-refractivity contribution in [3.05, 3.63) is 59.9 Å². The highest BCUT2D eigenvalue weighted by atomic mass is 16.4. The van der Waals surface area contributed by atoms with E-state index in [4.69, 9.17) is 10.8 Å². The number of anilines is 1. The Hall–Kier alpha value is -3.22. The van der Waals surface area contributed by atoms with Gasteiger partial charge in [-0.2, -0.15) is 4.57 Å². The van der Waals surface area contributed by atoms with Gasteiger partial charge in [-0.3, -0.25) is 9.59 Å². The molecule has 0 spiro atoms. The molecule has 0 aliphatic rings. The first-order chi connectivity index (χ1) is 10.5. The number of hydrogen-bond donors (Lipinski definition) is 3. The van der Waals surface area contributed by atoms with Crippen LogP contribution in [0.3, 0.4) is 0 Å². The second kappa shape index (κ2) is 6.49. The van der Waals surface area contributed by atoms with Gasteiger partial charge in [0.1, 0.15) is 0 Å². The molecular weight excluding hydrogens is 286 g/mol. The summed E-state index contributed by atoms with van der Waals surface area (Å²) in [6, 6.07) is 9.14. The van der Waals surface area contributed by atoms with E-state index in [0.29, 0.717) is 5.56 Å². The van der Waals surface area contributed by atoms with Gasteiger partial charge in [-0.15, -0.1) is 0 Å². The summed E-state index contributed by atoms with van der Waals surface area (Å²) in [5.41, 5.74) is 5.72. The fourth-order valence-corrected chi connectivity index (χ4v) is 1.86. The van der Waals surface area contributed by atoms with Gasteiger partial charge in [0.25, 0.3) is 5.91 Å². The van der Waals surface area contributed by atoms with Gasteiger partial charge in [0.2, 0.25) is 12.5 Å². The van der Waals surface area contributed by atoms with Crippen molar-refractivity contribution in [3.63, 3.8) is 0 Å². The molecule has 1 aromatic carbocycles. The van der Waals surface area contributed by atoms with Gasteiger partial charge in [-0.05, 0) is 12.1 Å². The third-order valence-electron chi connectivity index (χ3n) is 2.93. The van der Waals surface area contributed by atoms with Crippen LogP contribution < -0.4 is 15.6 Å². The van der Waals surface area contributed by atoms with Gasteiger partial charge in [0, 0.05) is 12.1 Å². The zero-order chi connectivity index (χ0) is 16.1. The van der Waals surface area contributed by atoms with Gasteiger partial charge < -0.3 is 16.2 Å².